The van der Waals surface area contributed by atoms with E-state index in [1.165, 1.54) is 6.92 Å². The highest BCUT2D eigenvalue weighted by Crippen LogP contribution is 2.31. The van der Waals surface area contributed by atoms with E-state index in [9.17, 15) is 4.79 Å². The van der Waals surface area contributed by atoms with Crippen LogP contribution in [0.15, 0.2) is 48.9 Å². The molecule has 0 aliphatic heterocycles. The van der Waals surface area contributed by atoms with E-state index in [1.54, 1.807) is 12.5 Å². The fraction of sp³-hybridized carbons (Fsp3) is 0.190. The standard InChI is InChI=1S/C21H21ClN6O/c1-13-4-3-5-16(22)20(13)27-21-19-11-23-12-28(19)18-10-15(6-7-17(18)26-21)25-9-8-24-14(2)29/h3-7,10-12,25H,8-9H2,1-2H3,(H,24,29)(H,26,27). The molecule has 0 unspecified atom stereocenters. The fourth-order valence-electron chi connectivity index (χ4n) is 3.21. The molecule has 29 heavy (non-hydrogen) atoms. The summed E-state index contributed by atoms with van der Waals surface area (Å²) in [6.45, 7) is 4.71. The Morgan fingerprint density at radius 2 is 2.03 bits per heavy atom. The third-order valence-electron chi connectivity index (χ3n) is 4.64. The second-order valence-electron chi connectivity index (χ2n) is 6.78. The monoisotopic (exact) mass is 408 g/mol. The van der Waals surface area contributed by atoms with Crippen molar-refractivity contribution in [2.24, 2.45) is 0 Å². The lowest BCUT2D eigenvalue weighted by atomic mass is 10.2. The number of aromatic nitrogens is 3. The highest BCUT2D eigenvalue weighted by atomic mass is 35.5. The first kappa shape index (κ1) is 19.0. The van der Waals surface area contributed by atoms with Crippen molar-refractivity contribution in [2.45, 2.75) is 13.8 Å². The average molecular weight is 409 g/mol. The van der Waals surface area contributed by atoms with Gasteiger partial charge in [-0.25, -0.2) is 9.97 Å². The molecule has 2 aromatic heterocycles. The summed E-state index contributed by atoms with van der Waals surface area (Å²) in [4.78, 5) is 20.1. The number of hydrogen-bond donors (Lipinski definition) is 3. The summed E-state index contributed by atoms with van der Waals surface area (Å²) in [5.74, 6) is 0.654. The van der Waals surface area contributed by atoms with Crippen LogP contribution in [0.3, 0.4) is 0 Å². The lowest BCUT2D eigenvalue weighted by Crippen LogP contribution is -2.26. The maximum Gasteiger partial charge on any atom is 0.216 e. The predicted octanol–water partition coefficient (Wildman–Crippen LogP) is 4.14. The van der Waals surface area contributed by atoms with Gasteiger partial charge in [0.15, 0.2) is 5.82 Å². The van der Waals surface area contributed by atoms with Gasteiger partial charge in [-0.15, -0.1) is 0 Å². The average Bonchev–Trinajstić information content (AvgIpc) is 3.18. The molecule has 1 amide bonds. The van der Waals surface area contributed by atoms with E-state index in [2.05, 4.69) is 20.9 Å². The zero-order valence-electron chi connectivity index (χ0n) is 16.2. The summed E-state index contributed by atoms with van der Waals surface area (Å²) in [6, 6.07) is 11.7. The minimum atomic E-state index is -0.0385. The van der Waals surface area contributed by atoms with Crippen LogP contribution >= 0.6 is 11.6 Å². The van der Waals surface area contributed by atoms with Crippen LogP contribution in [-0.2, 0) is 4.79 Å². The van der Waals surface area contributed by atoms with Gasteiger partial charge in [0.2, 0.25) is 5.91 Å². The van der Waals surface area contributed by atoms with Crippen LogP contribution in [0.25, 0.3) is 16.6 Å². The number of rotatable bonds is 6. The van der Waals surface area contributed by atoms with Crippen LogP contribution in [0, 0.1) is 6.92 Å². The van der Waals surface area contributed by atoms with Gasteiger partial charge in [-0.3, -0.25) is 9.20 Å². The van der Waals surface area contributed by atoms with Crippen LogP contribution in [-0.4, -0.2) is 33.4 Å². The molecule has 0 aliphatic rings. The topological polar surface area (TPSA) is 83.3 Å². The molecule has 0 aliphatic carbocycles. The third-order valence-corrected chi connectivity index (χ3v) is 4.96. The van der Waals surface area contributed by atoms with Crippen molar-refractivity contribution in [3.63, 3.8) is 0 Å². The number of nitrogens with one attached hydrogen (secondary N) is 3. The fourth-order valence-corrected chi connectivity index (χ4v) is 3.48. The molecule has 0 saturated carbocycles. The van der Waals surface area contributed by atoms with Crippen molar-refractivity contribution in [3.8, 4) is 0 Å². The number of carbonyl (C=O) groups excluding carboxylic acids is 1. The quantitative estimate of drug-likeness (QED) is 0.418. The highest BCUT2D eigenvalue weighted by Gasteiger charge is 2.12. The van der Waals surface area contributed by atoms with Crippen LogP contribution < -0.4 is 16.0 Å². The Labute approximate surface area is 173 Å². The number of anilines is 3. The van der Waals surface area contributed by atoms with E-state index < -0.39 is 0 Å². The van der Waals surface area contributed by atoms with Crippen LogP contribution in [0.1, 0.15) is 12.5 Å². The molecule has 0 atom stereocenters. The van der Waals surface area contributed by atoms with Gasteiger partial charge in [-0.05, 0) is 36.8 Å². The second kappa shape index (κ2) is 7.97. The molecule has 8 heteroatoms. The van der Waals surface area contributed by atoms with Gasteiger partial charge in [0, 0.05) is 25.7 Å². The number of benzene rings is 2. The SMILES string of the molecule is CC(=O)NCCNc1ccc2nc(Nc3c(C)cccc3Cl)c3cncn3c2c1. The Kier molecular flexibility index (Phi) is 5.22. The summed E-state index contributed by atoms with van der Waals surface area (Å²) in [5.41, 5.74) is 5.43. The normalized spacial score (nSPS) is 11.0. The highest BCUT2D eigenvalue weighted by molar-refractivity contribution is 6.33. The van der Waals surface area contributed by atoms with Gasteiger partial charge in [0.1, 0.15) is 5.52 Å². The van der Waals surface area contributed by atoms with Crippen molar-refractivity contribution in [2.75, 3.05) is 23.7 Å². The maximum absolute atomic E-state index is 11.0. The molecule has 2 heterocycles. The predicted molar refractivity (Wildman–Crippen MR) is 117 cm³/mol. The van der Waals surface area contributed by atoms with Crippen molar-refractivity contribution < 1.29 is 4.79 Å². The maximum atomic E-state index is 11.0. The third kappa shape index (κ3) is 3.95. The molecule has 0 spiro atoms. The Morgan fingerprint density at radius 3 is 2.83 bits per heavy atom. The summed E-state index contributed by atoms with van der Waals surface area (Å²) >= 11 is 6.38. The number of halogens is 1. The van der Waals surface area contributed by atoms with Crippen molar-refractivity contribution in [1.82, 2.24) is 19.7 Å². The molecule has 0 bridgehead atoms. The van der Waals surface area contributed by atoms with E-state index in [0.717, 1.165) is 33.5 Å². The number of nitrogens with zero attached hydrogens (tertiary/aromatic N) is 3. The molecule has 4 aromatic rings. The van der Waals surface area contributed by atoms with E-state index >= 15 is 0 Å². The lowest BCUT2D eigenvalue weighted by Gasteiger charge is -2.14. The molecule has 148 valence electrons. The smallest absolute Gasteiger partial charge is 0.216 e. The van der Waals surface area contributed by atoms with Gasteiger partial charge in [-0.1, -0.05) is 23.7 Å². The molecule has 0 saturated heterocycles. The van der Waals surface area contributed by atoms with Gasteiger partial charge in [-0.2, -0.15) is 0 Å². The molecule has 4 rings (SSSR count). The Hall–Kier alpha value is -3.32. The molecule has 0 fully saturated rings. The number of carbonyl (C=O) groups is 1. The number of para-hydroxylation sites is 1. The summed E-state index contributed by atoms with van der Waals surface area (Å²) < 4.78 is 2.00. The summed E-state index contributed by atoms with van der Waals surface area (Å²) in [5, 5.41) is 10.1. The van der Waals surface area contributed by atoms with Crippen LogP contribution in [0.5, 0.6) is 0 Å². The molecule has 7 nitrogen and oxygen atoms in total. The minimum Gasteiger partial charge on any atom is -0.383 e. The van der Waals surface area contributed by atoms with Crippen LogP contribution in [0.4, 0.5) is 17.2 Å². The first-order chi connectivity index (χ1) is 14.0. The minimum absolute atomic E-state index is 0.0385. The summed E-state index contributed by atoms with van der Waals surface area (Å²) in [7, 11) is 0. The number of amides is 1. The Morgan fingerprint density at radius 1 is 1.17 bits per heavy atom. The lowest BCUT2D eigenvalue weighted by molar-refractivity contribution is -0.118. The summed E-state index contributed by atoms with van der Waals surface area (Å²) in [6.07, 6.45) is 3.54. The molecule has 0 radical (unpaired) electrons. The van der Waals surface area contributed by atoms with Crippen molar-refractivity contribution >= 4 is 51.3 Å². The number of fused-ring (bicyclic) bond motifs is 3. The number of hydrogen-bond acceptors (Lipinski definition) is 5. The first-order valence-electron chi connectivity index (χ1n) is 9.29. The second-order valence-corrected chi connectivity index (χ2v) is 7.19. The molecular formula is C21H21ClN6O. The van der Waals surface area contributed by atoms with E-state index in [1.807, 2.05) is 47.7 Å². The van der Waals surface area contributed by atoms with Crippen molar-refractivity contribution in [3.05, 3.63) is 59.5 Å². The van der Waals surface area contributed by atoms with E-state index in [0.29, 0.717) is 23.9 Å². The molecular weight excluding hydrogens is 388 g/mol. The van der Waals surface area contributed by atoms with Gasteiger partial charge < -0.3 is 16.0 Å². The number of aryl methyl sites for hydroxylation is 1. The number of imidazole rings is 1. The largest absolute Gasteiger partial charge is 0.383 e. The van der Waals surface area contributed by atoms with Gasteiger partial charge >= 0.3 is 0 Å². The zero-order valence-corrected chi connectivity index (χ0v) is 16.9. The molecule has 2 aromatic carbocycles. The van der Waals surface area contributed by atoms with Crippen molar-refractivity contribution in [1.29, 1.82) is 0 Å². The van der Waals surface area contributed by atoms with Gasteiger partial charge in [0.05, 0.1) is 34.3 Å². The van der Waals surface area contributed by atoms with E-state index in [4.69, 9.17) is 16.6 Å². The van der Waals surface area contributed by atoms with Crippen LogP contribution in [0.2, 0.25) is 5.02 Å². The first-order valence-corrected chi connectivity index (χ1v) is 9.67. The van der Waals surface area contributed by atoms with Gasteiger partial charge in [0.25, 0.3) is 0 Å². The Bertz CT molecular complexity index is 1180. The Balaban J connectivity index is 1.68. The van der Waals surface area contributed by atoms with E-state index in [-0.39, 0.29) is 5.91 Å². The molecule has 3 N–H and O–H groups in total. The zero-order chi connectivity index (χ0) is 20.4.